The molecule has 0 bridgehead atoms. The smallest absolute Gasteiger partial charge is 0.407 e. The molecule has 3 rings (SSSR count). The highest BCUT2D eigenvalue weighted by molar-refractivity contribution is 5.78. The Morgan fingerprint density at radius 3 is 2.52 bits per heavy atom. The van der Waals surface area contributed by atoms with Crippen molar-refractivity contribution in [2.75, 3.05) is 18.4 Å². The normalized spacial score (nSPS) is 17.7. The molecule has 2 aromatic rings. The van der Waals surface area contributed by atoms with Gasteiger partial charge in [-0.15, -0.1) is 0 Å². The van der Waals surface area contributed by atoms with Crippen LogP contribution in [0.4, 0.5) is 10.5 Å². The first-order chi connectivity index (χ1) is 10.2. The van der Waals surface area contributed by atoms with Crippen molar-refractivity contribution in [2.45, 2.75) is 12.5 Å². The van der Waals surface area contributed by atoms with Gasteiger partial charge in [0, 0.05) is 30.4 Å². The van der Waals surface area contributed by atoms with Crippen molar-refractivity contribution in [3.63, 3.8) is 0 Å². The molecule has 108 valence electrons. The zero-order valence-corrected chi connectivity index (χ0v) is 11.7. The number of hydrogen-bond donors (Lipinski definition) is 2. The van der Waals surface area contributed by atoms with Crippen molar-refractivity contribution in [1.29, 1.82) is 0 Å². The first kappa shape index (κ1) is 13.5. The van der Waals surface area contributed by atoms with Crippen LogP contribution in [-0.2, 0) is 0 Å². The standard InChI is InChI=1S/C17H18N2O2/c20-17(21)19-11-10-14(12-19)18-16-9-5-4-8-15(16)13-6-2-1-3-7-13/h1-9,14,18H,10-12H2,(H,20,21)/t14-/m0/s1. The number of carboxylic acid groups (broad SMARTS) is 1. The molecular formula is C17H18N2O2. The van der Waals surface area contributed by atoms with Gasteiger partial charge in [0.1, 0.15) is 0 Å². The maximum Gasteiger partial charge on any atom is 0.407 e. The van der Waals surface area contributed by atoms with E-state index in [0.717, 1.165) is 23.2 Å². The van der Waals surface area contributed by atoms with Crippen LogP contribution in [-0.4, -0.2) is 35.2 Å². The Hall–Kier alpha value is -2.49. The van der Waals surface area contributed by atoms with Crippen LogP contribution in [0, 0.1) is 0 Å². The summed E-state index contributed by atoms with van der Waals surface area (Å²) in [5.74, 6) is 0. The minimum absolute atomic E-state index is 0.172. The highest BCUT2D eigenvalue weighted by atomic mass is 16.4. The first-order valence-electron chi connectivity index (χ1n) is 7.13. The summed E-state index contributed by atoms with van der Waals surface area (Å²) >= 11 is 0. The molecule has 1 heterocycles. The SMILES string of the molecule is O=C(O)N1CC[C@H](Nc2ccccc2-c2ccccc2)C1. The number of anilines is 1. The summed E-state index contributed by atoms with van der Waals surface area (Å²) in [7, 11) is 0. The molecule has 1 aliphatic rings. The van der Waals surface area contributed by atoms with Crippen LogP contribution >= 0.6 is 0 Å². The number of rotatable bonds is 3. The van der Waals surface area contributed by atoms with Crippen molar-refractivity contribution in [3.8, 4) is 11.1 Å². The highest BCUT2D eigenvalue weighted by Gasteiger charge is 2.26. The van der Waals surface area contributed by atoms with Gasteiger partial charge in [0.05, 0.1) is 0 Å². The van der Waals surface area contributed by atoms with E-state index in [1.807, 2.05) is 36.4 Å². The van der Waals surface area contributed by atoms with Gasteiger partial charge in [0.2, 0.25) is 0 Å². The lowest BCUT2D eigenvalue weighted by Crippen LogP contribution is -2.30. The summed E-state index contributed by atoms with van der Waals surface area (Å²) in [6.45, 7) is 1.14. The van der Waals surface area contributed by atoms with E-state index < -0.39 is 6.09 Å². The molecule has 2 aromatic carbocycles. The van der Waals surface area contributed by atoms with Crippen LogP contribution in [0.15, 0.2) is 54.6 Å². The number of nitrogens with one attached hydrogen (secondary N) is 1. The highest BCUT2D eigenvalue weighted by Crippen LogP contribution is 2.29. The first-order valence-corrected chi connectivity index (χ1v) is 7.13. The van der Waals surface area contributed by atoms with E-state index in [0.29, 0.717) is 13.1 Å². The Morgan fingerprint density at radius 2 is 1.81 bits per heavy atom. The number of nitrogens with zero attached hydrogens (tertiary/aromatic N) is 1. The maximum absolute atomic E-state index is 11.0. The average molecular weight is 282 g/mol. The summed E-state index contributed by atoms with van der Waals surface area (Å²) in [6.07, 6.45) is 0.00532. The van der Waals surface area contributed by atoms with Gasteiger partial charge in [0.25, 0.3) is 0 Å². The number of carbonyl (C=O) groups is 1. The lowest BCUT2D eigenvalue weighted by atomic mass is 10.0. The summed E-state index contributed by atoms with van der Waals surface area (Å²) < 4.78 is 0. The second-order valence-electron chi connectivity index (χ2n) is 5.27. The topological polar surface area (TPSA) is 52.6 Å². The summed E-state index contributed by atoms with van der Waals surface area (Å²) in [5, 5.41) is 12.5. The van der Waals surface area contributed by atoms with Gasteiger partial charge in [-0.1, -0.05) is 48.5 Å². The number of hydrogen-bond acceptors (Lipinski definition) is 2. The zero-order valence-electron chi connectivity index (χ0n) is 11.7. The zero-order chi connectivity index (χ0) is 14.7. The van der Waals surface area contributed by atoms with E-state index in [1.54, 1.807) is 0 Å². The lowest BCUT2D eigenvalue weighted by Gasteiger charge is -2.18. The Labute approximate surface area is 124 Å². The van der Waals surface area contributed by atoms with Crippen molar-refractivity contribution in [2.24, 2.45) is 0 Å². The Kier molecular flexibility index (Phi) is 3.77. The van der Waals surface area contributed by atoms with E-state index in [2.05, 4.69) is 23.5 Å². The van der Waals surface area contributed by atoms with Crippen LogP contribution in [0.1, 0.15) is 6.42 Å². The van der Waals surface area contributed by atoms with Gasteiger partial charge in [-0.25, -0.2) is 4.79 Å². The second kappa shape index (κ2) is 5.87. The molecule has 0 saturated carbocycles. The molecule has 1 aliphatic heterocycles. The molecule has 2 N–H and O–H groups in total. The van der Waals surface area contributed by atoms with E-state index >= 15 is 0 Å². The third-order valence-corrected chi connectivity index (χ3v) is 3.83. The fourth-order valence-electron chi connectivity index (χ4n) is 2.75. The molecule has 0 aromatic heterocycles. The fourth-order valence-corrected chi connectivity index (χ4v) is 2.75. The summed E-state index contributed by atoms with van der Waals surface area (Å²) in [6, 6.07) is 18.5. The largest absolute Gasteiger partial charge is 0.465 e. The number of para-hydroxylation sites is 1. The van der Waals surface area contributed by atoms with Crippen LogP contribution in [0.25, 0.3) is 11.1 Å². The molecule has 4 nitrogen and oxygen atoms in total. The van der Waals surface area contributed by atoms with E-state index in [1.165, 1.54) is 4.90 Å². The predicted molar refractivity (Wildman–Crippen MR) is 83.5 cm³/mol. The molecule has 21 heavy (non-hydrogen) atoms. The molecule has 1 amide bonds. The van der Waals surface area contributed by atoms with E-state index in [9.17, 15) is 4.79 Å². The third kappa shape index (κ3) is 2.99. The molecule has 1 fully saturated rings. The Bertz CT molecular complexity index is 628. The van der Waals surface area contributed by atoms with Gasteiger partial charge >= 0.3 is 6.09 Å². The monoisotopic (exact) mass is 282 g/mol. The molecule has 1 atom stereocenters. The van der Waals surface area contributed by atoms with Crippen molar-refractivity contribution in [1.82, 2.24) is 4.90 Å². The minimum Gasteiger partial charge on any atom is -0.465 e. The molecule has 1 saturated heterocycles. The van der Waals surface area contributed by atoms with Crippen molar-refractivity contribution in [3.05, 3.63) is 54.6 Å². The predicted octanol–water partition coefficient (Wildman–Crippen LogP) is 3.52. The second-order valence-corrected chi connectivity index (χ2v) is 5.27. The quantitative estimate of drug-likeness (QED) is 0.905. The third-order valence-electron chi connectivity index (χ3n) is 3.83. The van der Waals surface area contributed by atoms with Gasteiger partial charge in [0.15, 0.2) is 0 Å². The summed E-state index contributed by atoms with van der Waals surface area (Å²) in [4.78, 5) is 12.4. The van der Waals surface area contributed by atoms with Gasteiger partial charge < -0.3 is 15.3 Å². The fraction of sp³-hybridized carbons (Fsp3) is 0.235. The Morgan fingerprint density at radius 1 is 1.10 bits per heavy atom. The molecular weight excluding hydrogens is 264 g/mol. The Balaban J connectivity index is 1.79. The molecule has 4 heteroatoms. The van der Waals surface area contributed by atoms with Crippen LogP contribution < -0.4 is 5.32 Å². The molecule has 0 spiro atoms. The van der Waals surface area contributed by atoms with Gasteiger partial charge in [-0.3, -0.25) is 0 Å². The van der Waals surface area contributed by atoms with Crippen molar-refractivity contribution < 1.29 is 9.90 Å². The molecule has 0 unspecified atom stereocenters. The number of amides is 1. The maximum atomic E-state index is 11.0. The molecule has 0 radical (unpaired) electrons. The van der Waals surface area contributed by atoms with E-state index in [-0.39, 0.29) is 6.04 Å². The van der Waals surface area contributed by atoms with E-state index in [4.69, 9.17) is 5.11 Å². The molecule has 0 aliphatic carbocycles. The van der Waals surface area contributed by atoms with Crippen LogP contribution in [0.5, 0.6) is 0 Å². The lowest BCUT2D eigenvalue weighted by molar-refractivity contribution is 0.155. The number of likely N-dealkylation sites (tertiary alicyclic amines) is 1. The van der Waals surface area contributed by atoms with Crippen LogP contribution in [0.3, 0.4) is 0 Å². The van der Waals surface area contributed by atoms with Gasteiger partial charge in [-0.2, -0.15) is 0 Å². The average Bonchev–Trinajstić information content (AvgIpc) is 2.98. The number of benzene rings is 2. The van der Waals surface area contributed by atoms with Crippen molar-refractivity contribution >= 4 is 11.8 Å². The van der Waals surface area contributed by atoms with Gasteiger partial charge in [-0.05, 0) is 18.1 Å². The summed E-state index contributed by atoms with van der Waals surface area (Å²) in [5.41, 5.74) is 3.36. The minimum atomic E-state index is -0.837. The van der Waals surface area contributed by atoms with Crippen LogP contribution in [0.2, 0.25) is 0 Å².